The third-order valence-corrected chi connectivity index (χ3v) is 4.83. The summed E-state index contributed by atoms with van der Waals surface area (Å²) >= 11 is 0. The third-order valence-electron chi connectivity index (χ3n) is 3.08. The molecule has 104 valence electrons. The van der Waals surface area contributed by atoms with E-state index in [0.717, 1.165) is 0 Å². The molecule has 1 fully saturated rings. The fourth-order valence-corrected chi connectivity index (χ4v) is 3.51. The van der Waals surface area contributed by atoms with E-state index in [0.29, 0.717) is 6.42 Å². The molecule has 0 radical (unpaired) electrons. The number of nitrogens with one attached hydrogen (secondary N) is 1. The topological polar surface area (TPSA) is 104 Å². The van der Waals surface area contributed by atoms with Gasteiger partial charge in [0.25, 0.3) is 0 Å². The van der Waals surface area contributed by atoms with Crippen LogP contribution in [0.2, 0.25) is 0 Å². The van der Waals surface area contributed by atoms with Gasteiger partial charge in [-0.3, -0.25) is 14.9 Å². The van der Waals surface area contributed by atoms with Crippen LogP contribution in [0.5, 0.6) is 0 Å². The summed E-state index contributed by atoms with van der Waals surface area (Å²) in [6.45, 7) is 1.33. The summed E-state index contributed by atoms with van der Waals surface area (Å²) in [4.78, 5) is 23.7. The summed E-state index contributed by atoms with van der Waals surface area (Å²) in [5.41, 5.74) is 0. The van der Waals surface area contributed by atoms with Crippen LogP contribution in [0.1, 0.15) is 13.3 Å². The average Bonchev–Trinajstić information content (AvgIpc) is 2.64. The van der Waals surface area contributed by atoms with Gasteiger partial charge in [0, 0.05) is 13.1 Å². The highest BCUT2D eigenvalue weighted by Crippen LogP contribution is 2.16. The normalized spacial score (nSPS) is 23.6. The largest absolute Gasteiger partial charge is 0.480 e. The quantitative estimate of drug-likeness (QED) is 0.647. The first kappa shape index (κ1) is 14.9. The summed E-state index contributed by atoms with van der Waals surface area (Å²) in [5, 5.41) is 11.2. The van der Waals surface area contributed by atoms with E-state index in [-0.39, 0.29) is 30.0 Å². The highest BCUT2D eigenvalue weighted by molar-refractivity contribution is 7.91. The lowest BCUT2D eigenvalue weighted by Gasteiger charge is -2.24. The number of rotatable bonds is 5. The number of hydrogen-bond donors (Lipinski definition) is 2. The number of amides is 1. The number of nitrogens with zero attached hydrogens (tertiary/aromatic N) is 1. The van der Waals surface area contributed by atoms with Crippen molar-refractivity contribution in [2.24, 2.45) is 0 Å². The Morgan fingerprint density at radius 1 is 1.50 bits per heavy atom. The van der Waals surface area contributed by atoms with Gasteiger partial charge < -0.3 is 10.0 Å². The molecular weight excluding hydrogens is 260 g/mol. The summed E-state index contributed by atoms with van der Waals surface area (Å²) in [6.07, 6.45) is 0.444. The maximum atomic E-state index is 11.7. The molecule has 1 heterocycles. The number of hydrogen-bond acceptors (Lipinski definition) is 5. The first-order valence-corrected chi connectivity index (χ1v) is 7.47. The number of likely N-dealkylation sites (N-methyl/N-ethyl adjacent to an activating group) is 1. The molecule has 1 unspecified atom stereocenters. The molecule has 1 rings (SSSR count). The average molecular weight is 278 g/mol. The van der Waals surface area contributed by atoms with E-state index in [9.17, 15) is 18.0 Å². The molecule has 1 amide bonds. The van der Waals surface area contributed by atoms with Crippen LogP contribution in [0.25, 0.3) is 0 Å². The van der Waals surface area contributed by atoms with E-state index < -0.39 is 21.8 Å². The van der Waals surface area contributed by atoms with Crippen LogP contribution in [0.15, 0.2) is 0 Å². The SMILES string of the molecule is C[C@H](NCC(=O)N(C)C1CCS(=O)(=O)C1)C(=O)O. The molecule has 2 atom stereocenters. The van der Waals surface area contributed by atoms with E-state index in [4.69, 9.17) is 5.11 Å². The van der Waals surface area contributed by atoms with E-state index in [1.807, 2.05) is 0 Å². The summed E-state index contributed by atoms with van der Waals surface area (Å²) in [7, 11) is -1.48. The molecule has 18 heavy (non-hydrogen) atoms. The van der Waals surface area contributed by atoms with Crippen molar-refractivity contribution in [2.75, 3.05) is 25.1 Å². The van der Waals surface area contributed by atoms with E-state index in [2.05, 4.69) is 5.32 Å². The minimum Gasteiger partial charge on any atom is -0.480 e. The second kappa shape index (κ2) is 5.66. The maximum Gasteiger partial charge on any atom is 0.320 e. The number of carbonyl (C=O) groups is 2. The van der Waals surface area contributed by atoms with Crippen molar-refractivity contribution in [2.45, 2.75) is 25.4 Å². The van der Waals surface area contributed by atoms with Crippen molar-refractivity contribution < 1.29 is 23.1 Å². The lowest BCUT2D eigenvalue weighted by atomic mass is 10.2. The summed E-state index contributed by atoms with van der Waals surface area (Å²) in [6, 6.07) is -1.11. The standard InChI is InChI=1S/C10H18N2O5S/c1-7(10(14)15)11-5-9(13)12(2)8-3-4-18(16,17)6-8/h7-8,11H,3-6H2,1-2H3,(H,14,15)/t7-,8?/m0/s1. The number of carbonyl (C=O) groups excluding carboxylic acids is 1. The van der Waals surface area contributed by atoms with Crippen LogP contribution >= 0.6 is 0 Å². The van der Waals surface area contributed by atoms with Gasteiger partial charge in [-0.15, -0.1) is 0 Å². The Hall–Kier alpha value is -1.15. The van der Waals surface area contributed by atoms with Crippen molar-refractivity contribution in [3.05, 3.63) is 0 Å². The number of sulfone groups is 1. The van der Waals surface area contributed by atoms with Gasteiger partial charge in [0.15, 0.2) is 9.84 Å². The van der Waals surface area contributed by atoms with Crippen LogP contribution in [-0.4, -0.2) is 67.5 Å². The molecular formula is C10H18N2O5S. The Morgan fingerprint density at radius 3 is 2.56 bits per heavy atom. The second-order valence-corrected chi connectivity index (χ2v) is 6.73. The Labute approximate surface area is 106 Å². The highest BCUT2D eigenvalue weighted by atomic mass is 32.2. The molecule has 0 aromatic heterocycles. The second-order valence-electron chi connectivity index (χ2n) is 4.50. The molecule has 0 spiro atoms. The van der Waals surface area contributed by atoms with E-state index in [1.165, 1.54) is 11.8 Å². The van der Waals surface area contributed by atoms with Crippen LogP contribution in [0, 0.1) is 0 Å². The molecule has 2 N–H and O–H groups in total. The number of carboxylic acid groups (broad SMARTS) is 1. The van der Waals surface area contributed by atoms with Crippen molar-refractivity contribution >= 4 is 21.7 Å². The van der Waals surface area contributed by atoms with Gasteiger partial charge in [0.2, 0.25) is 5.91 Å². The van der Waals surface area contributed by atoms with Gasteiger partial charge in [-0.2, -0.15) is 0 Å². The van der Waals surface area contributed by atoms with Crippen LogP contribution in [0.3, 0.4) is 0 Å². The van der Waals surface area contributed by atoms with Gasteiger partial charge in [0.05, 0.1) is 18.1 Å². The number of aliphatic carboxylic acids is 1. The minimum atomic E-state index is -3.03. The predicted molar refractivity (Wildman–Crippen MR) is 64.9 cm³/mol. The summed E-state index contributed by atoms with van der Waals surface area (Å²) in [5.74, 6) is -1.24. The molecule has 0 aromatic carbocycles. The zero-order valence-electron chi connectivity index (χ0n) is 10.4. The van der Waals surface area contributed by atoms with Crippen molar-refractivity contribution in [1.29, 1.82) is 0 Å². The first-order valence-electron chi connectivity index (χ1n) is 5.65. The Bertz CT molecular complexity index is 434. The monoisotopic (exact) mass is 278 g/mol. The van der Waals surface area contributed by atoms with Gasteiger partial charge in [-0.05, 0) is 13.3 Å². The van der Waals surface area contributed by atoms with E-state index >= 15 is 0 Å². The highest BCUT2D eigenvalue weighted by Gasteiger charge is 2.32. The van der Waals surface area contributed by atoms with Crippen LogP contribution in [0.4, 0.5) is 0 Å². The third kappa shape index (κ3) is 3.95. The molecule has 1 saturated heterocycles. The van der Waals surface area contributed by atoms with Crippen molar-refractivity contribution in [3.8, 4) is 0 Å². The summed E-state index contributed by atoms with van der Waals surface area (Å²) < 4.78 is 22.6. The van der Waals surface area contributed by atoms with E-state index in [1.54, 1.807) is 7.05 Å². The molecule has 0 aromatic rings. The fourth-order valence-electron chi connectivity index (χ4n) is 1.74. The van der Waals surface area contributed by atoms with Crippen molar-refractivity contribution in [3.63, 3.8) is 0 Å². The zero-order valence-corrected chi connectivity index (χ0v) is 11.2. The fraction of sp³-hybridized carbons (Fsp3) is 0.800. The molecule has 0 aliphatic carbocycles. The van der Waals surface area contributed by atoms with Gasteiger partial charge in [0.1, 0.15) is 6.04 Å². The van der Waals surface area contributed by atoms with Gasteiger partial charge in [-0.1, -0.05) is 0 Å². The van der Waals surface area contributed by atoms with Crippen molar-refractivity contribution in [1.82, 2.24) is 10.2 Å². The molecule has 0 saturated carbocycles. The molecule has 1 aliphatic heterocycles. The maximum absolute atomic E-state index is 11.7. The zero-order chi connectivity index (χ0) is 13.9. The Morgan fingerprint density at radius 2 is 2.11 bits per heavy atom. The Kier molecular flexibility index (Phi) is 4.69. The first-order chi connectivity index (χ1) is 8.23. The smallest absolute Gasteiger partial charge is 0.320 e. The Balaban J connectivity index is 2.45. The van der Waals surface area contributed by atoms with Crippen LogP contribution in [-0.2, 0) is 19.4 Å². The van der Waals surface area contributed by atoms with Crippen LogP contribution < -0.4 is 5.32 Å². The van der Waals surface area contributed by atoms with Gasteiger partial charge in [-0.25, -0.2) is 8.42 Å². The predicted octanol–water partition coefficient (Wildman–Crippen LogP) is -1.31. The molecule has 1 aliphatic rings. The lowest BCUT2D eigenvalue weighted by molar-refractivity contribution is -0.139. The minimum absolute atomic E-state index is 0.0102. The number of carboxylic acids is 1. The van der Waals surface area contributed by atoms with Gasteiger partial charge >= 0.3 is 5.97 Å². The molecule has 0 bridgehead atoms. The molecule has 8 heteroatoms. The lowest BCUT2D eigenvalue weighted by Crippen LogP contribution is -2.45. The molecule has 7 nitrogen and oxygen atoms in total.